The predicted molar refractivity (Wildman–Crippen MR) is 140 cm³/mol. The van der Waals surface area contributed by atoms with Crippen molar-refractivity contribution in [1.29, 1.82) is 10.8 Å². The minimum Gasteiger partial charge on any atom is -0.496 e. The van der Waals surface area contributed by atoms with Gasteiger partial charge in [-0.1, -0.05) is 17.5 Å². The van der Waals surface area contributed by atoms with Gasteiger partial charge in [-0.05, 0) is 48.7 Å². The molecule has 11 heteroatoms. The summed E-state index contributed by atoms with van der Waals surface area (Å²) in [4.78, 5) is 30.3. The van der Waals surface area contributed by atoms with Gasteiger partial charge in [0.2, 0.25) is 0 Å². The molecule has 1 amide bonds. The second kappa shape index (κ2) is 10.9. The van der Waals surface area contributed by atoms with Crippen molar-refractivity contribution in [1.82, 2.24) is 14.9 Å². The molecule has 4 rings (SSSR count). The van der Waals surface area contributed by atoms with E-state index in [2.05, 4.69) is 22.1 Å². The van der Waals surface area contributed by atoms with E-state index in [1.807, 2.05) is 5.38 Å². The van der Waals surface area contributed by atoms with Gasteiger partial charge >= 0.3 is 0 Å². The number of rotatable bonds is 5. The first kappa shape index (κ1) is 24.7. The number of hydrogen-bond donors (Lipinski definition) is 3. The third kappa shape index (κ3) is 6.39. The Balaban J connectivity index is 1.68. The molecule has 3 aromatic rings. The van der Waals surface area contributed by atoms with Crippen LogP contribution >= 0.6 is 34.7 Å². The van der Waals surface area contributed by atoms with Crippen LogP contribution in [0.3, 0.4) is 0 Å². The molecule has 35 heavy (non-hydrogen) atoms. The van der Waals surface area contributed by atoms with E-state index in [0.29, 0.717) is 27.8 Å². The molecule has 2 aromatic heterocycles. The van der Waals surface area contributed by atoms with Crippen LogP contribution < -0.4 is 15.6 Å². The van der Waals surface area contributed by atoms with E-state index in [4.69, 9.17) is 27.2 Å². The molecule has 1 saturated carbocycles. The molecule has 8 nitrogen and oxygen atoms in total. The quantitative estimate of drug-likeness (QED) is 0.258. The van der Waals surface area contributed by atoms with E-state index >= 15 is 0 Å². The summed E-state index contributed by atoms with van der Waals surface area (Å²) in [6.45, 7) is 0.233. The fourth-order valence-electron chi connectivity index (χ4n) is 3.19. The number of amidine groups is 1. The highest BCUT2D eigenvalue weighted by Gasteiger charge is 2.21. The van der Waals surface area contributed by atoms with Crippen molar-refractivity contribution < 1.29 is 9.53 Å². The monoisotopic (exact) mass is 525 g/mol. The van der Waals surface area contributed by atoms with Gasteiger partial charge in [0.25, 0.3) is 11.5 Å². The van der Waals surface area contributed by atoms with Gasteiger partial charge in [-0.2, -0.15) is 0 Å². The van der Waals surface area contributed by atoms with E-state index in [-0.39, 0.29) is 22.3 Å². The Morgan fingerprint density at radius 2 is 2.14 bits per heavy atom. The first-order valence-corrected chi connectivity index (χ1v) is 12.6. The lowest BCUT2D eigenvalue weighted by Gasteiger charge is -2.16. The number of methoxy groups -OCH3 is 1. The lowest BCUT2D eigenvalue weighted by atomic mass is 10.00. The number of nitrogens with zero attached hydrogens (tertiary/aromatic N) is 2. The second-order valence-electron chi connectivity index (χ2n) is 7.60. The molecule has 0 unspecified atom stereocenters. The summed E-state index contributed by atoms with van der Waals surface area (Å²) in [6.07, 6.45) is 5.28. The lowest BCUT2D eigenvalue weighted by Crippen LogP contribution is -2.31. The predicted octanol–water partition coefficient (Wildman–Crippen LogP) is 4.47. The van der Waals surface area contributed by atoms with Crippen LogP contribution in [-0.2, 0) is 6.54 Å². The zero-order chi connectivity index (χ0) is 24.9. The number of nitrogens with one attached hydrogen (secondary N) is 3. The Kier molecular flexibility index (Phi) is 7.70. The average Bonchev–Trinajstić information content (AvgIpc) is 3.52. The zero-order valence-corrected chi connectivity index (χ0v) is 20.9. The molecule has 0 aliphatic heterocycles. The maximum absolute atomic E-state index is 13.2. The van der Waals surface area contributed by atoms with Crippen LogP contribution in [0.15, 0.2) is 46.8 Å². The number of amides is 1. The summed E-state index contributed by atoms with van der Waals surface area (Å²) in [6, 6.07) is 6.20. The van der Waals surface area contributed by atoms with Gasteiger partial charge in [-0.15, -0.1) is 11.3 Å². The minimum atomic E-state index is -0.666. The van der Waals surface area contributed by atoms with Crippen LogP contribution in [0.1, 0.15) is 28.2 Å². The van der Waals surface area contributed by atoms with Gasteiger partial charge in [-0.3, -0.25) is 20.4 Å². The number of carbonyl (C=O) groups excluding carboxylic acids is 1. The summed E-state index contributed by atoms with van der Waals surface area (Å²) in [7, 11) is 1.50. The van der Waals surface area contributed by atoms with Gasteiger partial charge in [0.05, 0.1) is 19.2 Å². The maximum atomic E-state index is 13.2. The van der Waals surface area contributed by atoms with Crippen LogP contribution in [0, 0.1) is 28.6 Å². The van der Waals surface area contributed by atoms with Gasteiger partial charge in [0.1, 0.15) is 15.8 Å². The number of hydrogen-bond acceptors (Lipinski definition) is 8. The fourth-order valence-corrected chi connectivity index (χ4v) is 4.43. The van der Waals surface area contributed by atoms with Crippen molar-refractivity contribution >= 4 is 50.8 Å². The number of pyridine rings is 1. The largest absolute Gasteiger partial charge is 0.496 e. The van der Waals surface area contributed by atoms with Crippen molar-refractivity contribution in [2.45, 2.75) is 19.4 Å². The molecule has 1 aliphatic carbocycles. The second-order valence-corrected chi connectivity index (χ2v) is 10.0. The minimum absolute atomic E-state index is 0.0298. The van der Waals surface area contributed by atoms with Crippen LogP contribution in [0.25, 0.3) is 11.1 Å². The molecule has 0 saturated heterocycles. The number of thiazole rings is 1. The SMILES string of the molecule is COc1ccc(Cl)cc1-c1cn(Cc2nccs2)c(=O)cc1C(=O)NC(=N)SC(=N)C#CC1CC1. The summed E-state index contributed by atoms with van der Waals surface area (Å²) >= 11 is 8.39. The van der Waals surface area contributed by atoms with Gasteiger partial charge < -0.3 is 14.6 Å². The first-order chi connectivity index (χ1) is 16.8. The fraction of sp³-hybridized carbons (Fsp3) is 0.208. The van der Waals surface area contributed by atoms with Crippen LogP contribution in [0.5, 0.6) is 5.75 Å². The highest BCUT2D eigenvalue weighted by molar-refractivity contribution is 8.26. The molecular formula is C24H20ClN5O3S2. The maximum Gasteiger partial charge on any atom is 0.258 e. The van der Waals surface area contributed by atoms with Crippen molar-refractivity contribution in [3.05, 3.63) is 68.0 Å². The number of benzene rings is 1. The van der Waals surface area contributed by atoms with Crippen LogP contribution in [-0.4, -0.2) is 32.8 Å². The molecule has 0 atom stereocenters. The Labute approximate surface area is 214 Å². The van der Waals surface area contributed by atoms with E-state index in [9.17, 15) is 9.59 Å². The van der Waals surface area contributed by atoms with E-state index < -0.39 is 11.5 Å². The highest BCUT2D eigenvalue weighted by Crippen LogP contribution is 2.34. The average molecular weight is 526 g/mol. The van der Waals surface area contributed by atoms with Crippen molar-refractivity contribution in [3.63, 3.8) is 0 Å². The van der Waals surface area contributed by atoms with Crippen LogP contribution in [0.2, 0.25) is 5.02 Å². The number of ether oxygens (including phenoxy) is 1. The Morgan fingerprint density at radius 1 is 1.34 bits per heavy atom. The van der Waals surface area contributed by atoms with Crippen molar-refractivity contribution in [2.75, 3.05) is 7.11 Å². The topological polar surface area (TPSA) is 121 Å². The summed E-state index contributed by atoms with van der Waals surface area (Å²) < 4.78 is 6.93. The number of carbonyl (C=O) groups is 1. The molecule has 3 N–H and O–H groups in total. The molecule has 2 heterocycles. The summed E-state index contributed by atoms with van der Waals surface area (Å²) in [5.41, 5.74) is 0.559. The summed E-state index contributed by atoms with van der Waals surface area (Å²) in [5, 5.41) is 21.1. The molecule has 0 bridgehead atoms. The molecular weight excluding hydrogens is 506 g/mol. The Morgan fingerprint density at radius 3 is 2.83 bits per heavy atom. The van der Waals surface area contributed by atoms with E-state index in [0.717, 1.165) is 29.6 Å². The number of halogens is 1. The molecule has 178 valence electrons. The molecule has 0 radical (unpaired) electrons. The Bertz CT molecular complexity index is 1420. The highest BCUT2D eigenvalue weighted by atomic mass is 35.5. The third-order valence-electron chi connectivity index (χ3n) is 5.01. The van der Waals surface area contributed by atoms with Crippen molar-refractivity contribution in [2.24, 2.45) is 5.92 Å². The molecule has 1 aromatic carbocycles. The molecule has 0 spiro atoms. The van der Waals surface area contributed by atoms with Gasteiger partial charge in [0, 0.05) is 45.9 Å². The summed E-state index contributed by atoms with van der Waals surface area (Å²) in [5.74, 6) is 5.77. The normalized spacial score (nSPS) is 12.4. The third-order valence-corrected chi connectivity index (χ3v) is 6.62. The zero-order valence-electron chi connectivity index (χ0n) is 18.6. The molecule has 1 aliphatic rings. The van der Waals surface area contributed by atoms with E-state index in [1.165, 1.54) is 29.1 Å². The standard InChI is InChI=1S/C24H20ClN5O3S2/c1-33-19-6-5-15(25)10-16(19)18-12-30(13-21-28-8-9-34-21)22(31)11-17(18)23(32)29-24(27)35-20(26)7-4-14-2-3-14/h5-6,8-12,14,26H,2-3,13H2,1H3,(H2,27,29,32). The number of aromatic nitrogens is 2. The lowest BCUT2D eigenvalue weighted by molar-refractivity contribution is 0.0978. The number of thioether (sulfide) groups is 1. The smallest absolute Gasteiger partial charge is 0.258 e. The van der Waals surface area contributed by atoms with Gasteiger partial charge in [-0.25, -0.2) is 4.98 Å². The van der Waals surface area contributed by atoms with Gasteiger partial charge in [0.15, 0.2) is 5.17 Å². The molecule has 1 fully saturated rings. The van der Waals surface area contributed by atoms with Crippen molar-refractivity contribution in [3.8, 4) is 28.7 Å². The van der Waals surface area contributed by atoms with E-state index in [1.54, 1.807) is 30.6 Å². The van der Waals surface area contributed by atoms with Crippen LogP contribution in [0.4, 0.5) is 0 Å². The first-order valence-electron chi connectivity index (χ1n) is 10.5. The Hall–Kier alpha value is -3.39.